The van der Waals surface area contributed by atoms with E-state index in [-0.39, 0.29) is 5.75 Å². The fourth-order valence-electron chi connectivity index (χ4n) is 1.75. The first kappa shape index (κ1) is 13.8. The number of alkyl halides is 2. The molecule has 0 aliphatic heterocycles. The summed E-state index contributed by atoms with van der Waals surface area (Å²) in [6.07, 6.45) is 0.334. The minimum Gasteiger partial charge on any atom is -0.435 e. The van der Waals surface area contributed by atoms with Gasteiger partial charge in [0.05, 0.1) is 16.9 Å². The molecule has 1 aromatic heterocycles. The summed E-state index contributed by atoms with van der Waals surface area (Å²) in [4.78, 5) is 0. The maximum absolute atomic E-state index is 12.1. The Morgan fingerprint density at radius 1 is 1.42 bits per heavy atom. The van der Waals surface area contributed by atoms with Gasteiger partial charge < -0.3 is 9.84 Å². The van der Waals surface area contributed by atoms with Crippen molar-refractivity contribution in [2.24, 2.45) is 7.05 Å². The Hall–Kier alpha value is -1.66. The summed E-state index contributed by atoms with van der Waals surface area (Å²) in [7, 11) is 1.63. The number of ether oxygens (including phenoxy) is 1. The summed E-state index contributed by atoms with van der Waals surface area (Å²) < 4.78 is 30.0. The van der Waals surface area contributed by atoms with Gasteiger partial charge in [0.25, 0.3) is 0 Å². The predicted octanol–water partition coefficient (Wildman–Crippen LogP) is 2.76. The Kier molecular flexibility index (Phi) is 4.01. The lowest BCUT2D eigenvalue weighted by Gasteiger charge is -2.13. The van der Waals surface area contributed by atoms with E-state index in [0.717, 1.165) is 0 Å². The molecule has 1 aromatic carbocycles. The summed E-state index contributed by atoms with van der Waals surface area (Å²) in [6, 6.07) is 5.82. The first-order valence-corrected chi connectivity index (χ1v) is 5.77. The average Bonchev–Trinajstić information content (AvgIpc) is 2.68. The highest BCUT2D eigenvalue weighted by atomic mass is 35.5. The number of aliphatic hydroxyl groups excluding tert-OH is 1. The molecule has 0 aliphatic rings. The van der Waals surface area contributed by atoms with Gasteiger partial charge in [-0.3, -0.25) is 4.68 Å². The molecule has 0 aliphatic carbocycles. The van der Waals surface area contributed by atoms with E-state index in [4.69, 9.17) is 11.6 Å². The summed E-state index contributed by atoms with van der Waals surface area (Å²) >= 11 is 5.92. The highest BCUT2D eigenvalue weighted by Gasteiger charge is 2.19. The van der Waals surface area contributed by atoms with Crippen molar-refractivity contribution in [3.05, 3.63) is 46.7 Å². The number of hydrogen-bond donors (Lipinski definition) is 1. The van der Waals surface area contributed by atoms with Crippen LogP contribution in [0.15, 0.2) is 30.5 Å². The molecular formula is C12H11ClF2N2O2. The summed E-state index contributed by atoms with van der Waals surface area (Å²) in [5.74, 6) is -0.0233. The Balaban J connectivity index is 2.31. The standard InChI is InChI=1S/C12H11ClF2N2O2/c1-17-10(9(13)6-16-17)11(18)7-3-2-4-8(5-7)19-12(14)15/h2-6,11-12,18H,1H3. The SMILES string of the molecule is Cn1ncc(Cl)c1C(O)c1cccc(OC(F)F)c1. The molecule has 2 rings (SSSR count). The Morgan fingerprint density at radius 2 is 2.16 bits per heavy atom. The second-order valence-corrected chi connectivity index (χ2v) is 4.26. The van der Waals surface area contributed by atoms with Crippen molar-refractivity contribution in [2.45, 2.75) is 12.7 Å². The zero-order chi connectivity index (χ0) is 14.0. The van der Waals surface area contributed by atoms with Crippen LogP contribution in [-0.2, 0) is 7.05 Å². The predicted molar refractivity (Wildman–Crippen MR) is 65.4 cm³/mol. The van der Waals surface area contributed by atoms with Gasteiger partial charge >= 0.3 is 6.61 Å². The van der Waals surface area contributed by atoms with Crippen LogP contribution in [0.25, 0.3) is 0 Å². The molecule has 19 heavy (non-hydrogen) atoms. The van der Waals surface area contributed by atoms with Crippen molar-refractivity contribution >= 4 is 11.6 Å². The molecule has 0 amide bonds. The molecule has 1 atom stereocenters. The fourth-order valence-corrected chi connectivity index (χ4v) is 2.02. The number of halogens is 3. The minimum absolute atomic E-state index is 0.0233. The van der Waals surface area contributed by atoms with Crippen molar-refractivity contribution in [2.75, 3.05) is 0 Å². The van der Waals surface area contributed by atoms with Crippen molar-refractivity contribution in [3.63, 3.8) is 0 Å². The summed E-state index contributed by atoms with van der Waals surface area (Å²) in [5.41, 5.74) is 0.777. The number of rotatable bonds is 4. The Bertz CT molecular complexity index is 555. The van der Waals surface area contributed by atoms with E-state index in [1.165, 1.54) is 29.1 Å². The molecular weight excluding hydrogens is 278 g/mol. The fraction of sp³-hybridized carbons (Fsp3) is 0.250. The van der Waals surface area contributed by atoms with Crippen molar-refractivity contribution in [1.29, 1.82) is 0 Å². The van der Waals surface area contributed by atoms with Crippen LogP contribution in [0.2, 0.25) is 5.02 Å². The van der Waals surface area contributed by atoms with Gasteiger partial charge in [-0.25, -0.2) is 0 Å². The minimum atomic E-state index is -2.91. The smallest absolute Gasteiger partial charge is 0.387 e. The maximum atomic E-state index is 12.1. The van der Waals surface area contributed by atoms with E-state index in [1.54, 1.807) is 13.1 Å². The molecule has 1 heterocycles. The normalized spacial score (nSPS) is 12.7. The molecule has 0 fully saturated rings. The number of benzene rings is 1. The van der Waals surface area contributed by atoms with Gasteiger partial charge in [-0.05, 0) is 17.7 Å². The molecule has 4 nitrogen and oxygen atoms in total. The van der Waals surface area contributed by atoms with E-state index >= 15 is 0 Å². The van der Waals surface area contributed by atoms with Gasteiger partial charge in [0.1, 0.15) is 11.9 Å². The lowest BCUT2D eigenvalue weighted by Crippen LogP contribution is -2.08. The monoisotopic (exact) mass is 288 g/mol. The van der Waals surface area contributed by atoms with Crippen LogP contribution in [0.5, 0.6) is 5.75 Å². The number of aliphatic hydroxyl groups is 1. The van der Waals surface area contributed by atoms with Crippen LogP contribution >= 0.6 is 11.6 Å². The quantitative estimate of drug-likeness (QED) is 0.941. The third kappa shape index (κ3) is 3.02. The average molecular weight is 289 g/mol. The second kappa shape index (κ2) is 5.54. The van der Waals surface area contributed by atoms with Crippen molar-refractivity contribution < 1.29 is 18.6 Å². The number of hydrogen-bond acceptors (Lipinski definition) is 3. The van der Waals surface area contributed by atoms with Gasteiger partial charge in [-0.1, -0.05) is 23.7 Å². The highest BCUT2D eigenvalue weighted by Crippen LogP contribution is 2.29. The number of aromatic nitrogens is 2. The van der Waals surface area contributed by atoms with Gasteiger partial charge in [0.15, 0.2) is 0 Å². The van der Waals surface area contributed by atoms with Gasteiger partial charge in [0.2, 0.25) is 0 Å². The van der Waals surface area contributed by atoms with Gasteiger partial charge in [0, 0.05) is 7.05 Å². The summed E-state index contributed by atoms with van der Waals surface area (Å²) in [6.45, 7) is -2.91. The molecule has 0 spiro atoms. The molecule has 7 heteroatoms. The van der Waals surface area contributed by atoms with Gasteiger partial charge in [-0.15, -0.1) is 0 Å². The first-order valence-electron chi connectivity index (χ1n) is 5.39. The number of aryl methyl sites for hydroxylation is 1. The van der Waals surface area contributed by atoms with Crippen LogP contribution in [0.4, 0.5) is 8.78 Å². The second-order valence-electron chi connectivity index (χ2n) is 3.85. The van der Waals surface area contributed by atoms with Crippen LogP contribution in [0.3, 0.4) is 0 Å². The van der Waals surface area contributed by atoms with Crippen LogP contribution in [-0.4, -0.2) is 21.5 Å². The lowest BCUT2D eigenvalue weighted by molar-refractivity contribution is -0.0499. The molecule has 0 bridgehead atoms. The third-order valence-electron chi connectivity index (χ3n) is 2.60. The highest BCUT2D eigenvalue weighted by molar-refractivity contribution is 6.31. The number of nitrogens with zero attached hydrogens (tertiary/aromatic N) is 2. The molecule has 102 valence electrons. The van der Waals surface area contributed by atoms with Crippen LogP contribution < -0.4 is 4.74 Å². The van der Waals surface area contributed by atoms with Crippen molar-refractivity contribution in [3.8, 4) is 5.75 Å². The molecule has 0 radical (unpaired) electrons. The molecule has 1 unspecified atom stereocenters. The molecule has 2 aromatic rings. The zero-order valence-corrected chi connectivity index (χ0v) is 10.7. The first-order chi connectivity index (χ1) is 8.99. The zero-order valence-electron chi connectivity index (χ0n) is 9.93. The molecule has 1 N–H and O–H groups in total. The van der Waals surface area contributed by atoms with Gasteiger partial charge in [-0.2, -0.15) is 13.9 Å². The third-order valence-corrected chi connectivity index (χ3v) is 2.89. The maximum Gasteiger partial charge on any atom is 0.387 e. The van der Waals surface area contributed by atoms with Crippen LogP contribution in [0.1, 0.15) is 17.4 Å². The molecule has 0 saturated heterocycles. The van der Waals surface area contributed by atoms with Crippen LogP contribution in [0, 0.1) is 0 Å². The van der Waals surface area contributed by atoms with E-state index < -0.39 is 12.7 Å². The summed E-state index contributed by atoms with van der Waals surface area (Å²) in [5, 5.41) is 14.4. The Labute approximate surface area is 113 Å². The van der Waals surface area contributed by atoms with E-state index in [1.807, 2.05) is 0 Å². The van der Waals surface area contributed by atoms with Crippen molar-refractivity contribution in [1.82, 2.24) is 9.78 Å². The Morgan fingerprint density at radius 3 is 2.74 bits per heavy atom. The largest absolute Gasteiger partial charge is 0.435 e. The van der Waals surface area contributed by atoms with E-state index in [9.17, 15) is 13.9 Å². The van der Waals surface area contributed by atoms with E-state index in [2.05, 4.69) is 9.84 Å². The molecule has 0 saturated carbocycles. The topological polar surface area (TPSA) is 47.3 Å². The van der Waals surface area contributed by atoms with E-state index in [0.29, 0.717) is 16.3 Å². The lowest BCUT2D eigenvalue weighted by atomic mass is 10.1.